The van der Waals surface area contributed by atoms with E-state index in [1.165, 1.54) is 12.3 Å². The van der Waals surface area contributed by atoms with Gasteiger partial charge in [-0.2, -0.15) is 4.98 Å². The second-order valence-electron chi connectivity index (χ2n) is 6.20. The van der Waals surface area contributed by atoms with Crippen molar-refractivity contribution in [1.29, 1.82) is 0 Å². The summed E-state index contributed by atoms with van der Waals surface area (Å²) in [6, 6.07) is 0.479. The first-order chi connectivity index (χ1) is 12.3. The highest BCUT2D eigenvalue weighted by atomic mass is 16.6. The molecule has 6 atom stereocenters. The Hall–Kier alpha value is -2.05. The van der Waals surface area contributed by atoms with Gasteiger partial charge in [0.1, 0.15) is 31.0 Å². The normalized spacial score (nSPS) is 27.8. The van der Waals surface area contributed by atoms with Crippen molar-refractivity contribution in [2.75, 3.05) is 12.1 Å². The number of nitrogens with one attached hydrogen (secondary N) is 1. The van der Waals surface area contributed by atoms with Crippen LogP contribution in [0.4, 0.5) is 5.82 Å². The lowest BCUT2D eigenvalue weighted by atomic mass is 10.0. The van der Waals surface area contributed by atoms with Gasteiger partial charge in [0, 0.05) is 6.20 Å². The van der Waals surface area contributed by atoms with Crippen LogP contribution in [-0.4, -0.2) is 61.9 Å². The molecule has 0 saturated carbocycles. The van der Waals surface area contributed by atoms with Crippen LogP contribution in [-0.2, 0) is 14.3 Å². The number of aromatic nitrogens is 2. The monoisotopic (exact) mass is 372 g/mol. The number of esters is 1. The van der Waals surface area contributed by atoms with Crippen molar-refractivity contribution in [2.45, 2.75) is 50.8 Å². The van der Waals surface area contributed by atoms with Crippen molar-refractivity contribution in [3.63, 3.8) is 0 Å². The summed E-state index contributed by atoms with van der Waals surface area (Å²) in [4.78, 5) is 27.4. The molecule has 1 fully saturated rings. The zero-order valence-corrected chi connectivity index (χ0v) is 14.5. The lowest BCUT2D eigenvalue weighted by Crippen LogP contribution is -2.41. The van der Waals surface area contributed by atoms with E-state index in [9.17, 15) is 19.8 Å². The molecule has 26 heavy (non-hydrogen) atoms. The molecular weight excluding hydrogens is 348 g/mol. The van der Waals surface area contributed by atoms with E-state index in [2.05, 4.69) is 4.98 Å². The molecule has 1 aliphatic heterocycles. The Kier molecular flexibility index (Phi) is 6.67. The zero-order valence-electron chi connectivity index (χ0n) is 14.5. The first-order valence-electron chi connectivity index (χ1n) is 8.23. The predicted octanol–water partition coefficient (Wildman–Crippen LogP) is -1.42. The summed E-state index contributed by atoms with van der Waals surface area (Å²) in [6.07, 6.45) is -3.13. The van der Waals surface area contributed by atoms with Crippen LogP contribution in [0.25, 0.3) is 0 Å². The maximum Gasteiger partial charge on any atom is 0.351 e. The molecule has 1 aromatic rings. The molecule has 1 aromatic heterocycles. The van der Waals surface area contributed by atoms with Gasteiger partial charge in [-0.05, 0) is 12.0 Å². The molecule has 0 spiro atoms. The molecule has 11 heteroatoms. The molecule has 6 N–H and O–H groups in total. The van der Waals surface area contributed by atoms with Crippen LogP contribution in [0.15, 0.2) is 17.1 Å². The number of carbonyl (C=O) groups excluding carboxylic acids is 1. The van der Waals surface area contributed by atoms with E-state index in [4.69, 9.17) is 20.4 Å². The summed E-state index contributed by atoms with van der Waals surface area (Å²) in [5.74, 6) is -0.785. The van der Waals surface area contributed by atoms with Gasteiger partial charge < -0.3 is 25.4 Å². The third-order valence-electron chi connectivity index (χ3n) is 4.47. The molecule has 2 unspecified atom stereocenters. The predicted molar refractivity (Wildman–Crippen MR) is 88.2 cm³/mol. The molecule has 0 aliphatic carbocycles. The third kappa shape index (κ3) is 4.19. The molecule has 1 saturated heterocycles. The Balaban J connectivity index is 2.03. The van der Waals surface area contributed by atoms with E-state index in [1.807, 2.05) is 13.8 Å². The Morgan fingerprint density at radius 2 is 2.19 bits per heavy atom. The molecule has 0 bridgehead atoms. The van der Waals surface area contributed by atoms with Crippen molar-refractivity contribution < 1.29 is 29.7 Å². The average molecular weight is 372 g/mol. The molecule has 1 aliphatic rings. The maximum absolute atomic E-state index is 11.9. The van der Waals surface area contributed by atoms with Gasteiger partial charge in [-0.3, -0.25) is 20.0 Å². The molecule has 2 rings (SSSR count). The first kappa shape index (κ1) is 20.3. The van der Waals surface area contributed by atoms with Crippen molar-refractivity contribution >= 4 is 11.8 Å². The van der Waals surface area contributed by atoms with Crippen LogP contribution in [0.5, 0.6) is 0 Å². The van der Waals surface area contributed by atoms with Crippen molar-refractivity contribution in [2.24, 2.45) is 11.7 Å². The second-order valence-corrected chi connectivity index (χ2v) is 6.20. The maximum atomic E-state index is 11.9. The second kappa shape index (κ2) is 8.56. The van der Waals surface area contributed by atoms with E-state index < -0.39 is 42.2 Å². The van der Waals surface area contributed by atoms with Crippen molar-refractivity contribution in [3.05, 3.63) is 22.7 Å². The Bertz CT molecular complexity index is 682. The molecular formula is C15H24N4O7. The number of nitrogens with two attached hydrogens (primary N) is 1. The number of anilines is 1. The van der Waals surface area contributed by atoms with E-state index in [0.29, 0.717) is 6.42 Å². The number of carbonyl (C=O) groups is 1. The standard InChI is InChI=1S/C15H24N4O7/c1-3-7(2)10(16)14(22)25-6-8-11(20)12(21)13(26-8)19-5-4-9(18-24)17-15(19)23/h4-5,7-8,10-13,20-21,24H,3,6,16H2,1-2H3,(H,17,18,23)/t7?,8-,10?,11-,12-,13-/m1/s1. The minimum Gasteiger partial charge on any atom is -0.462 e. The molecule has 2 heterocycles. The summed E-state index contributed by atoms with van der Waals surface area (Å²) in [7, 11) is 0. The van der Waals surface area contributed by atoms with Gasteiger partial charge in [0.05, 0.1) is 0 Å². The summed E-state index contributed by atoms with van der Waals surface area (Å²) in [6.45, 7) is 3.39. The number of hydrogen-bond donors (Lipinski definition) is 5. The lowest BCUT2D eigenvalue weighted by Gasteiger charge is -2.19. The summed E-state index contributed by atoms with van der Waals surface area (Å²) in [5, 5.41) is 29.0. The van der Waals surface area contributed by atoms with Crippen molar-refractivity contribution in [3.8, 4) is 0 Å². The average Bonchev–Trinajstić information content (AvgIpc) is 2.92. The van der Waals surface area contributed by atoms with E-state index >= 15 is 0 Å². The van der Waals surface area contributed by atoms with Gasteiger partial charge in [-0.1, -0.05) is 20.3 Å². The minimum atomic E-state index is -1.44. The fourth-order valence-corrected chi connectivity index (χ4v) is 2.51. The number of aliphatic hydroxyl groups excluding tert-OH is 2. The first-order valence-corrected chi connectivity index (χ1v) is 8.23. The highest BCUT2D eigenvalue weighted by Crippen LogP contribution is 2.28. The van der Waals surface area contributed by atoms with Crippen LogP contribution in [0.2, 0.25) is 0 Å². The summed E-state index contributed by atoms with van der Waals surface area (Å²) in [5.41, 5.74) is 6.69. The Labute approximate surface area is 149 Å². The number of ether oxygens (including phenoxy) is 2. The zero-order chi connectivity index (χ0) is 19.4. The van der Waals surface area contributed by atoms with Gasteiger partial charge in [0.2, 0.25) is 0 Å². The fourth-order valence-electron chi connectivity index (χ4n) is 2.51. The summed E-state index contributed by atoms with van der Waals surface area (Å²) < 4.78 is 11.5. The quantitative estimate of drug-likeness (QED) is 0.283. The van der Waals surface area contributed by atoms with Gasteiger partial charge >= 0.3 is 11.7 Å². The minimum absolute atomic E-state index is 0.0708. The lowest BCUT2D eigenvalue weighted by molar-refractivity contribution is -0.153. The number of nitrogens with zero attached hydrogens (tertiary/aromatic N) is 2. The third-order valence-corrected chi connectivity index (χ3v) is 4.47. The number of rotatable bonds is 7. The smallest absolute Gasteiger partial charge is 0.351 e. The molecule has 0 amide bonds. The van der Waals surface area contributed by atoms with Crippen LogP contribution >= 0.6 is 0 Å². The SMILES string of the molecule is CCC(C)C(N)C(=O)OC[C@H]1O[C@@H](n2ccc(NO)nc2=O)[C@H](O)[C@@H]1O. The number of hydrogen-bond acceptors (Lipinski definition) is 10. The fraction of sp³-hybridized carbons (Fsp3) is 0.667. The van der Waals surface area contributed by atoms with Gasteiger partial charge in [-0.15, -0.1) is 0 Å². The van der Waals surface area contributed by atoms with Crippen LogP contribution in [0.1, 0.15) is 26.5 Å². The Morgan fingerprint density at radius 1 is 1.50 bits per heavy atom. The molecule has 0 aromatic carbocycles. The largest absolute Gasteiger partial charge is 0.462 e. The molecule has 146 valence electrons. The highest BCUT2D eigenvalue weighted by molar-refractivity contribution is 5.75. The van der Waals surface area contributed by atoms with Gasteiger partial charge in [-0.25, -0.2) is 4.79 Å². The van der Waals surface area contributed by atoms with Crippen molar-refractivity contribution in [1.82, 2.24) is 9.55 Å². The van der Waals surface area contributed by atoms with Gasteiger partial charge in [0.15, 0.2) is 12.0 Å². The van der Waals surface area contributed by atoms with Crippen LogP contribution in [0.3, 0.4) is 0 Å². The summed E-state index contributed by atoms with van der Waals surface area (Å²) >= 11 is 0. The highest BCUT2D eigenvalue weighted by Gasteiger charge is 2.45. The Morgan fingerprint density at radius 3 is 2.77 bits per heavy atom. The van der Waals surface area contributed by atoms with Crippen LogP contribution < -0.4 is 16.9 Å². The topological polar surface area (TPSA) is 169 Å². The molecule has 11 nitrogen and oxygen atoms in total. The van der Waals surface area contributed by atoms with E-state index in [-0.39, 0.29) is 18.3 Å². The van der Waals surface area contributed by atoms with Gasteiger partial charge in [0.25, 0.3) is 0 Å². The van der Waals surface area contributed by atoms with E-state index in [1.54, 1.807) is 5.48 Å². The number of aliphatic hydroxyl groups is 2. The van der Waals surface area contributed by atoms with E-state index in [0.717, 1.165) is 4.57 Å². The van der Waals surface area contributed by atoms with Crippen LogP contribution in [0, 0.1) is 5.92 Å². The molecule has 0 radical (unpaired) electrons.